The Bertz CT molecular complexity index is 924. The lowest BCUT2D eigenvalue weighted by atomic mass is 10.0. The fourth-order valence-corrected chi connectivity index (χ4v) is 4.01. The van der Waals surface area contributed by atoms with E-state index in [9.17, 15) is 4.79 Å². The van der Waals surface area contributed by atoms with Gasteiger partial charge in [0.1, 0.15) is 5.58 Å². The summed E-state index contributed by atoms with van der Waals surface area (Å²) in [6, 6.07) is 17.1. The Balaban J connectivity index is 1.28. The summed E-state index contributed by atoms with van der Waals surface area (Å²) < 4.78 is 5.67. The summed E-state index contributed by atoms with van der Waals surface area (Å²) in [7, 11) is 0. The number of benzene rings is 2. The van der Waals surface area contributed by atoms with Crippen molar-refractivity contribution in [2.24, 2.45) is 0 Å². The number of likely N-dealkylation sites (tertiary alicyclic amines) is 1. The standard InChI is InChI=1S/C24H28N2O2/c1-2-18-8-9-22-20(17-28-23(22)14-18)15-24(27)25-21-10-12-26(13-11-21)16-19-6-4-3-5-7-19/h3-9,14,17,21H,2,10-13,15-16H2,1H3,(H,25,27). The molecule has 0 aliphatic carbocycles. The Morgan fingerprint density at radius 1 is 1.11 bits per heavy atom. The molecule has 1 fully saturated rings. The number of nitrogens with one attached hydrogen (secondary N) is 1. The van der Waals surface area contributed by atoms with Crippen LogP contribution in [-0.2, 0) is 24.2 Å². The molecule has 4 heteroatoms. The van der Waals surface area contributed by atoms with Gasteiger partial charge in [0.2, 0.25) is 5.91 Å². The highest BCUT2D eigenvalue weighted by molar-refractivity contribution is 5.88. The fraction of sp³-hybridized carbons (Fsp3) is 0.375. The molecule has 1 saturated heterocycles. The van der Waals surface area contributed by atoms with E-state index >= 15 is 0 Å². The monoisotopic (exact) mass is 376 g/mol. The van der Waals surface area contributed by atoms with Crippen LogP contribution in [0.3, 0.4) is 0 Å². The first-order chi connectivity index (χ1) is 13.7. The van der Waals surface area contributed by atoms with Crippen LogP contribution in [0.5, 0.6) is 0 Å². The smallest absolute Gasteiger partial charge is 0.224 e. The van der Waals surface area contributed by atoms with Crippen molar-refractivity contribution in [2.45, 2.75) is 45.2 Å². The summed E-state index contributed by atoms with van der Waals surface area (Å²) in [5, 5.41) is 4.27. The highest BCUT2D eigenvalue weighted by Gasteiger charge is 2.21. The zero-order valence-electron chi connectivity index (χ0n) is 16.5. The molecule has 0 radical (unpaired) electrons. The van der Waals surface area contributed by atoms with Crippen molar-refractivity contribution in [3.8, 4) is 0 Å². The predicted molar refractivity (Wildman–Crippen MR) is 112 cm³/mol. The molecule has 1 amide bonds. The van der Waals surface area contributed by atoms with Crippen molar-refractivity contribution < 1.29 is 9.21 Å². The predicted octanol–water partition coefficient (Wildman–Crippen LogP) is 4.32. The van der Waals surface area contributed by atoms with Crippen LogP contribution >= 0.6 is 0 Å². The van der Waals surface area contributed by atoms with Crippen LogP contribution in [0, 0.1) is 0 Å². The van der Waals surface area contributed by atoms with Gasteiger partial charge in [0, 0.05) is 36.6 Å². The quantitative estimate of drug-likeness (QED) is 0.697. The third-order valence-corrected chi connectivity index (χ3v) is 5.68. The van der Waals surface area contributed by atoms with Gasteiger partial charge in [-0.15, -0.1) is 0 Å². The van der Waals surface area contributed by atoms with Gasteiger partial charge in [0.15, 0.2) is 0 Å². The SMILES string of the molecule is CCc1ccc2c(CC(=O)NC3CCN(Cc4ccccc4)CC3)coc2c1. The third-order valence-electron chi connectivity index (χ3n) is 5.68. The summed E-state index contributed by atoms with van der Waals surface area (Å²) in [6.45, 7) is 5.16. The summed E-state index contributed by atoms with van der Waals surface area (Å²) in [5.41, 5.74) is 4.44. The average Bonchev–Trinajstić information content (AvgIpc) is 3.12. The summed E-state index contributed by atoms with van der Waals surface area (Å²) in [4.78, 5) is 15.0. The van der Waals surface area contributed by atoms with E-state index in [1.807, 2.05) is 0 Å². The Morgan fingerprint density at radius 3 is 2.64 bits per heavy atom. The minimum atomic E-state index is 0.0868. The lowest BCUT2D eigenvalue weighted by Crippen LogP contribution is -2.44. The number of furan rings is 1. The maximum absolute atomic E-state index is 12.6. The van der Waals surface area contributed by atoms with Gasteiger partial charge in [0.25, 0.3) is 0 Å². The van der Waals surface area contributed by atoms with Crippen molar-refractivity contribution >= 4 is 16.9 Å². The van der Waals surface area contributed by atoms with Gasteiger partial charge in [-0.25, -0.2) is 0 Å². The van der Waals surface area contributed by atoms with Gasteiger partial charge in [-0.05, 0) is 36.5 Å². The van der Waals surface area contributed by atoms with Crippen molar-refractivity contribution in [1.82, 2.24) is 10.2 Å². The first-order valence-electron chi connectivity index (χ1n) is 10.3. The number of amides is 1. The molecule has 1 N–H and O–H groups in total. The Labute approximate surface area is 166 Å². The largest absolute Gasteiger partial charge is 0.464 e. The highest BCUT2D eigenvalue weighted by Crippen LogP contribution is 2.23. The topological polar surface area (TPSA) is 45.5 Å². The fourth-order valence-electron chi connectivity index (χ4n) is 4.01. The average molecular weight is 377 g/mol. The van der Waals surface area contributed by atoms with Gasteiger partial charge in [-0.2, -0.15) is 0 Å². The van der Waals surface area contributed by atoms with Gasteiger partial charge >= 0.3 is 0 Å². The first kappa shape index (κ1) is 18.8. The molecule has 146 valence electrons. The van der Waals surface area contributed by atoms with Crippen LogP contribution in [0.1, 0.15) is 36.5 Å². The van der Waals surface area contributed by atoms with E-state index in [2.05, 4.69) is 65.7 Å². The van der Waals surface area contributed by atoms with Crippen LogP contribution < -0.4 is 5.32 Å². The molecule has 2 aromatic carbocycles. The Morgan fingerprint density at radius 2 is 1.89 bits per heavy atom. The maximum atomic E-state index is 12.6. The zero-order chi connectivity index (χ0) is 19.3. The number of carbonyl (C=O) groups is 1. The molecule has 1 aliphatic rings. The molecule has 0 atom stereocenters. The first-order valence-corrected chi connectivity index (χ1v) is 10.3. The lowest BCUT2D eigenvalue weighted by Gasteiger charge is -2.32. The maximum Gasteiger partial charge on any atom is 0.224 e. The summed E-state index contributed by atoms with van der Waals surface area (Å²) in [6.07, 6.45) is 5.10. The summed E-state index contributed by atoms with van der Waals surface area (Å²) >= 11 is 0. The molecular formula is C24H28N2O2. The molecule has 4 rings (SSSR count). The van der Waals surface area contributed by atoms with Gasteiger partial charge < -0.3 is 9.73 Å². The second-order valence-electron chi connectivity index (χ2n) is 7.73. The number of aryl methyl sites for hydroxylation is 1. The molecule has 28 heavy (non-hydrogen) atoms. The third kappa shape index (κ3) is 4.45. The van der Waals surface area contributed by atoms with E-state index in [4.69, 9.17) is 4.42 Å². The molecule has 2 heterocycles. The number of fused-ring (bicyclic) bond motifs is 1. The lowest BCUT2D eigenvalue weighted by molar-refractivity contribution is -0.121. The van der Waals surface area contributed by atoms with Gasteiger partial charge in [0.05, 0.1) is 12.7 Å². The number of rotatable bonds is 6. The van der Waals surface area contributed by atoms with Crippen LogP contribution in [0.15, 0.2) is 59.2 Å². The zero-order valence-corrected chi connectivity index (χ0v) is 16.5. The van der Waals surface area contributed by atoms with E-state index in [1.54, 1.807) is 6.26 Å². The number of nitrogens with zero attached hydrogens (tertiary/aromatic N) is 1. The second kappa shape index (κ2) is 8.61. The Kier molecular flexibility index (Phi) is 5.77. The van der Waals surface area contributed by atoms with Crippen molar-refractivity contribution in [3.63, 3.8) is 0 Å². The Hall–Kier alpha value is -2.59. The minimum absolute atomic E-state index is 0.0868. The van der Waals surface area contributed by atoms with E-state index in [-0.39, 0.29) is 11.9 Å². The normalized spacial score (nSPS) is 15.8. The minimum Gasteiger partial charge on any atom is -0.464 e. The molecule has 0 bridgehead atoms. The van der Waals surface area contributed by atoms with Crippen molar-refractivity contribution in [3.05, 3.63) is 71.5 Å². The second-order valence-corrected chi connectivity index (χ2v) is 7.73. The van der Waals surface area contributed by atoms with Crippen molar-refractivity contribution in [2.75, 3.05) is 13.1 Å². The van der Waals surface area contributed by atoms with Gasteiger partial charge in [-0.1, -0.05) is 49.4 Å². The molecule has 3 aromatic rings. The number of hydrogen-bond acceptors (Lipinski definition) is 3. The van der Waals surface area contributed by atoms with Crippen LogP contribution in [0.4, 0.5) is 0 Å². The molecule has 0 spiro atoms. The number of piperidine rings is 1. The van der Waals surface area contributed by atoms with Crippen molar-refractivity contribution in [1.29, 1.82) is 0 Å². The molecular weight excluding hydrogens is 348 g/mol. The molecule has 0 unspecified atom stereocenters. The van der Waals surface area contributed by atoms with E-state index in [0.29, 0.717) is 6.42 Å². The number of carbonyl (C=O) groups excluding carboxylic acids is 1. The van der Waals surface area contributed by atoms with E-state index in [0.717, 1.165) is 55.4 Å². The molecule has 4 nitrogen and oxygen atoms in total. The summed E-state index contributed by atoms with van der Waals surface area (Å²) in [5.74, 6) is 0.0868. The van der Waals surface area contributed by atoms with Crippen LogP contribution in [0.25, 0.3) is 11.0 Å². The molecule has 0 saturated carbocycles. The molecule has 1 aliphatic heterocycles. The van der Waals surface area contributed by atoms with Gasteiger partial charge in [-0.3, -0.25) is 9.69 Å². The number of hydrogen-bond donors (Lipinski definition) is 1. The van der Waals surface area contributed by atoms with Crippen LogP contribution in [-0.4, -0.2) is 29.9 Å². The highest BCUT2D eigenvalue weighted by atomic mass is 16.3. The van der Waals surface area contributed by atoms with Crippen LogP contribution in [0.2, 0.25) is 0 Å². The van der Waals surface area contributed by atoms with E-state index in [1.165, 1.54) is 11.1 Å². The van der Waals surface area contributed by atoms with E-state index < -0.39 is 0 Å². The molecule has 1 aromatic heterocycles.